The molecule has 0 bridgehead atoms. The normalized spacial score (nSPS) is 16.1. The molecule has 0 aliphatic carbocycles. The van der Waals surface area contributed by atoms with Crippen molar-refractivity contribution in [1.82, 2.24) is 20.0 Å². The molecule has 3 N–H and O–H groups in total. The van der Waals surface area contributed by atoms with Crippen LogP contribution in [0.5, 0.6) is 5.75 Å². The van der Waals surface area contributed by atoms with Gasteiger partial charge in [0.15, 0.2) is 28.1 Å². The van der Waals surface area contributed by atoms with Gasteiger partial charge in [-0.3, -0.25) is 9.36 Å². The quantitative estimate of drug-likeness (QED) is 0.142. The van der Waals surface area contributed by atoms with Crippen molar-refractivity contribution >= 4 is 34.5 Å². The number of halogens is 3. The molecule has 6 rings (SSSR count). The van der Waals surface area contributed by atoms with E-state index in [4.69, 9.17) is 15.0 Å². The summed E-state index contributed by atoms with van der Waals surface area (Å²) in [7, 11) is 5.53. The molecule has 0 unspecified atom stereocenters. The predicted octanol–water partition coefficient (Wildman–Crippen LogP) is 6.22. The topological polar surface area (TPSA) is 108 Å². The highest BCUT2D eigenvalue weighted by Gasteiger charge is 2.33. The van der Waals surface area contributed by atoms with E-state index in [9.17, 15) is 9.18 Å². The summed E-state index contributed by atoms with van der Waals surface area (Å²) in [5.41, 5.74) is 7.75. The number of amides is 1. The number of carbonyl (C=O) groups excluding carboxylic acids is 1. The van der Waals surface area contributed by atoms with E-state index < -0.39 is 28.8 Å². The number of imidazole rings is 1. The lowest BCUT2D eigenvalue weighted by Gasteiger charge is -2.27. The summed E-state index contributed by atoms with van der Waals surface area (Å²) in [4.78, 5) is 17.5. The Morgan fingerprint density at radius 3 is 2.55 bits per heavy atom. The Hall–Kier alpha value is -4.49. The number of thioether (sulfide) groups is 1. The van der Waals surface area contributed by atoms with Crippen molar-refractivity contribution in [2.24, 2.45) is 0 Å². The Morgan fingerprint density at radius 2 is 1.87 bits per heavy atom. The van der Waals surface area contributed by atoms with Gasteiger partial charge >= 0.3 is 0 Å². The molecular weight excluding hydrogens is 629 g/mol. The third-order valence-electron chi connectivity index (χ3n) is 8.86. The lowest BCUT2D eigenvalue weighted by molar-refractivity contribution is -0.878. The number of nitrogen functional groups attached to an aromatic ring is 1. The lowest BCUT2D eigenvalue weighted by Crippen LogP contribution is -2.42. The number of fused-ring (bicyclic) bond motifs is 1. The first kappa shape index (κ1) is 32.5. The van der Waals surface area contributed by atoms with E-state index in [1.165, 1.54) is 13.2 Å². The number of hydrogen-bond acceptors (Lipinski definition) is 7. The highest BCUT2D eigenvalue weighted by atomic mass is 32.2. The third kappa shape index (κ3) is 6.29. The minimum atomic E-state index is -0.827. The van der Waals surface area contributed by atoms with Crippen LogP contribution in [0.15, 0.2) is 64.4 Å². The van der Waals surface area contributed by atoms with Crippen LogP contribution in [0.3, 0.4) is 0 Å². The van der Waals surface area contributed by atoms with E-state index in [1.54, 1.807) is 24.4 Å². The number of aromatic nitrogens is 3. The second kappa shape index (κ2) is 12.3. The number of methoxy groups -OCH3 is 1. The molecule has 2 aromatic heterocycles. The van der Waals surface area contributed by atoms with E-state index in [0.717, 1.165) is 53.5 Å². The molecule has 0 radical (unpaired) electrons. The molecule has 9 nitrogen and oxygen atoms in total. The number of nitrogens with one attached hydrogen (secondary N) is 1. The molecule has 1 aliphatic rings. The largest absolute Gasteiger partial charge is 0.494 e. The Morgan fingerprint density at radius 1 is 1.13 bits per heavy atom. The second-order valence-electron chi connectivity index (χ2n) is 13.0. The Balaban J connectivity index is 1.32. The molecule has 3 heterocycles. The molecule has 1 amide bonds. The maximum atomic E-state index is 15.4. The summed E-state index contributed by atoms with van der Waals surface area (Å²) in [6, 6.07) is 12.1. The Kier molecular flexibility index (Phi) is 8.47. The van der Waals surface area contributed by atoms with Gasteiger partial charge in [-0.25, -0.2) is 18.2 Å². The van der Waals surface area contributed by atoms with Crippen LogP contribution >= 0.6 is 11.8 Å². The number of ether oxygens (including phenoxy) is 1. The van der Waals surface area contributed by atoms with Gasteiger partial charge in [-0.15, -0.1) is 0 Å². The number of likely N-dealkylation sites (tertiary alicyclic amines) is 1. The predicted molar refractivity (Wildman–Crippen MR) is 174 cm³/mol. The molecule has 1 aliphatic heterocycles. The fourth-order valence-electron chi connectivity index (χ4n) is 6.09. The highest BCUT2D eigenvalue weighted by Crippen LogP contribution is 2.39. The van der Waals surface area contributed by atoms with Crippen LogP contribution in [0.1, 0.15) is 47.4 Å². The lowest BCUT2D eigenvalue weighted by atomic mass is 9.81. The number of likely N-dealkylation sites (N-methyl/N-ethyl adjacent to an activating group) is 1. The fourth-order valence-corrected chi connectivity index (χ4v) is 7.10. The second-order valence-corrected chi connectivity index (χ2v) is 13.9. The summed E-state index contributed by atoms with van der Waals surface area (Å²) >= 11 is 1.11. The molecule has 1 atom stereocenters. The van der Waals surface area contributed by atoms with Gasteiger partial charge in [-0.1, -0.05) is 36.8 Å². The molecule has 3 aromatic carbocycles. The average molecular weight is 666 g/mol. The number of carbonyl (C=O) groups is 1. The van der Waals surface area contributed by atoms with Crippen molar-refractivity contribution in [1.29, 1.82) is 0 Å². The first-order chi connectivity index (χ1) is 22.3. The summed E-state index contributed by atoms with van der Waals surface area (Å²) in [5, 5.41) is 7.82. The van der Waals surface area contributed by atoms with Gasteiger partial charge in [0.1, 0.15) is 11.6 Å². The maximum Gasteiger partial charge on any atom is 0.251 e. The van der Waals surface area contributed by atoms with Gasteiger partial charge in [0.2, 0.25) is 0 Å². The zero-order valence-corrected chi connectivity index (χ0v) is 27.6. The van der Waals surface area contributed by atoms with Crippen molar-refractivity contribution in [2.75, 3.05) is 40.0 Å². The van der Waals surface area contributed by atoms with Gasteiger partial charge in [-0.2, -0.15) is 0 Å². The molecule has 13 heteroatoms. The number of nitrogens with two attached hydrogens (primary N) is 1. The van der Waals surface area contributed by atoms with Crippen molar-refractivity contribution in [2.45, 2.75) is 42.6 Å². The zero-order chi connectivity index (χ0) is 33.7. The van der Waals surface area contributed by atoms with Crippen LogP contribution in [0.2, 0.25) is 0 Å². The molecule has 0 spiro atoms. The standard InChI is InChI=1S/C34H35F3N6O3S/c1-34(2,20-6-9-28-23(14-20)31(38)41-46-28)30-16-39-33(42(30)22-7-8-25(35)29(15-22)45-5)47-18-24-26(36)12-19(13-27(24)37)32(44)40-21-10-11-43(3,4)17-21/h6-9,12-16,21H,10-11,17-18H2,1-5H3,(H2-,38,40,41,44)/p+1/t21-/m0/s1. The summed E-state index contributed by atoms with van der Waals surface area (Å²) in [6.07, 6.45) is 2.48. The smallest absolute Gasteiger partial charge is 0.251 e. The number of nitrogens with zero attached hydrogens (tertiary/aromatic N) is 4. The first-order valence-corrected chi connectivity index (χ1v) is 16.1. The van der Waals surface area contributed by atoms with E-state index in [0.29, 0.717) is 27.5 Å². The SMILES string of the molecule is COc1cc(-n2c(C(C)(C)c3ccc4onc(N)c4c3)cnc2SCc2c(F)cc(C(=O)N[C@H]3CC[N+](C)(C)C3)cc2F)ccc1F. The average Bonchev–Trinajstić information content (AvgIpc) is 3.73. The molecular formula is C34H36F3N6O3S+. The van der Waals surface area contributed by atoms with Gasteiger partial charge in [0, 0.05) is 34.8 Å². The molecule has 47 heavy (non-hydrogen) atoms. The number of benzene rings is 3. The van der Waals surface area contributed by atoms with Gasteiger partial charge < -0.3 is 24.8 Å². The van der Waals surface area contributed by atoms with Crippen LogP contribution in [0.4, 0.5) is 19.0 Å². The van der Waals surface area contributed by atoms with Crippen LogP contribution in [-0.2, 0) is 11.2 Å². The molecule has 5 aromatic rings. The zero-order valence-electron chi connectivity index (χ0n) is 26.7. The Bertz CT molecular complexity index is 1970. The first-order valence-electron chi connectivity index (χ1n) is 15.1. The van der Waals surface area contributed by atoms with E-state index in [1.807, 2.05) is 30.5 Å². The third-order valence-corrected chi connectivity index (χ3v) is 9.84. The van der Waals surface area contributed by atoms with E-state index in [2.05, 4.69) is 29.6 Å². The maximum absolute atomic E-state index is 15.4. The summed E-state index contributed by atoms with van der Waals surface area (Å²) < 4.78 is 58.3. The van der Waals surface area contributed by atoms with Crippen LogP contribution < -0.4 is 15.8 Å². The summed E-state index contributed by atoms with van der Waals surface area (Å²) in [5.74, 6) is -2.53. The van der Waals surface area contributed by atoms with Gasteiger partial charge in [-0.05, 0) is 42.0 Å². The van der Waals surface area contributed by atoms with Crippen LogP contribution in [0.25, 0.3) is 16.7 Å². The number of quaternary nitrogens is 1. The minimum absolute atomic E-state index is 0.0284. The van der Waals surface area contributed by atoms with Crippen molar-refractivity contribution in [3.8, 4) is 11.4 Å². The molecule has 1 fully saturated rings. The van der Waals surface area contributed by atoms with Crippen LogP contribution in [-0.4, -0.2) is 65.4 Å². The molecule has 246 valence electrons. The van der Waals surface area contributed by atoms with Crippen molar-refractivity contribution in [3.63, 3.8) is 0 Å². The Labute approximate surface area is 274 Å². The number of rotatable bonds is 9. The highest BCUT2D eigenvalue weighted by molar-refractivity contribution is 7.98. The van der Waals surface area contributed by atoms with Crippen molar-refractivity contribution in [3.05, 3.63) is 94.6 Å². The summed E-state index contributed by atoms with van der Waals surface area (Å²) in [6.45, 7) is 5.65. The number of hydrogen-bond donors (Lipinski definition) is 2. The van der Waals surface area contributed by atoms with Crippen LogP contribution in [0, 0.1) is 17.5 Å². The van der Waals surface area contributed by atoms with Crippen molar-refractivity contribution < 1.29 is 31.7 Å². The minimum Gasteiger partial charge on any atom is -0.494 e. The van der Waals surface area contributed by atoms with Gasteiger partial charge in [0.05, 0.1) is 63.3 Å². The monoisotopic (exact) mass is 665 g/mol. The fraction of sp³-hybridized carbons (Fsp3) is 0.324. The number of anilines is 1. The molecule has 1 saturated heterocycles. The van der Waals surface area contributed by atoms with E-state index >= 15 is 8.78 Å². The van der Waals surface area contributed by atoms with E-state index in [-0.39, 0.29) is 34.5 Å². The molecule has 0 saturated carbocycles. The van der Waals surface area contributed by atoms with Gasteiger partial charge in [0.25, 0.3) is 5.91 Å².